The van der Waals surface area contributed by atoms with E-state index in [9.17, 15) is 4.79 Å². The molecule has 4 nitrogen and oxygen atoms in total. The van der Waals surface area contributed by atoms with Gasteiger partial charge in [-0.05, 0) is 50.8 Å². The first-order valence-corrected chi connectivity index (χ1v) is 6.70. The van der Waals surface area contributed by atoms with Crippen LogP contribution in [-0.2, 0) is 0 Å². The molecule has 0 spiro atoms. The maximum atomic E-state index is 10.8. The van der Waals surface area contributed by atoms with E-state index in [-0.39, 0.29) is 11.1 Å². The van der Waals surface area contributed by atoms with E-state index in [4.69, 9.17) is 9.84 Å². The molecule has 0 heterocycles. The number of nitrogens with one attached hydrogen (secondary N) is 1. The highest BCUT2D eigenvalue weighted by Crippen LogP contribution is 2.38. The molecule has 0 saturated heterocycles. The molecule has 2 rings (SSSR count). The van der Waals surface area contributed by atoms with Gasteiger partial charge < -0.3 is 15.2 Å². The van der Waals surface area contributed by atoms with Gasteiger partial charge in [0, 0.05) is 12.1 Å². The van der Waals surface area contributed by atoms with E-state index in [2.05, 4.69) is 19.2 Å². The van der Waals surface area contributed by atoms with Crippen molar-refractivity contribution in [1.29, 1.82) is 0 Å². The van der Waals surface area contributed by atoms with Gasteiger partial charge in [-0.15, -0.1) is 0 Å². The number of carbonyl (C=O) groups is 1. The SMILES string of the molecule is CC(C)(NCCOc1cccc(C(=O)O)c1)C1CC1. The lowest BCUT2D eigenvalue weighted by Gasteiger charge is -2.26. The molecular weight excluding hydrogens is 242 g/mol. The van der Waals surface area contributed by atoms with Gasteiger partial charge in [0.05, 0.1) is 5.56 Å². The smallest absolute Gasteiger partial charge is 0.335 e. The molecule has 2 N–H and O–H groups in total. The molecule has 4 heteroatoms. The second-order valence-electron chi connectivity index (χ2n) is 5.60. The molecule has 1 fully saturated rings. The van der Waals surface area contributed by atoms with Crippen molar-refractivity contribution in [2.24, 2.45) is 5.92 Å². The van der Waals surface area contributed by atoms with Gasteiger partial charge in [0.25, 0.3) is 0 Å². The summed E-state index contributed by atoms with van der Waals surface area (Å²) >= 11 is 0. The van der Waals surface area contributed by atoms with Gasteiger partial charge in [0.2, 0.25) is 0 Å². The highest BCUT2D eigenvalue weighted by atomic mass is 16.5. The molecule has 0 atom stereocenters. The van der Waals surface area contributed by atoms with Gasteiger partial charge in [-0.25, -0.2) is 4.79 Å². The minimum absolute atomic E-state index is 0.173. The van der Waals surface area contributed by atoms with Crippen molar-refractivity contribution in [2.75, 3.05) is 13.2 Å². The molecule has 1 aliphatic carbocycles. The number of benzene rings is 1. The number of hydrogen-bond acceptors (Lipinski definition) is 3. The lowest BCUT2D eigenvalue weighted by atomic mass is 9.99. The number of carboxylic acids is 1. The van der Waals surface area contributed by atoms with Crippen molar-refractivity contribution < 1.29 is 14.6 Å². The maximum Gasteiger partial charge on any atom is 0.335 e. The first-order chi connectivity index (χ1) is 8.99. The Morgan fingerprint density at radius 1 is 1.47 bits per heavy atom. The molecule has 0 aromatic heterocycles. The van der Waals surface area contributed by atoms with E-state index in [1.807, 2.05) is 0 Å². The zero-order valence-electron chi connectivity index (χ0n) is 11.5. The van der Waals surface area contributed by atoms with Crippen LogP contribution >= 0.6 is 0 Å². The largest absolute Gasteiger partial charge is 0.492 e. The van der Waals surface area contributed by atoms with Crippen LogP contribution in [0.15, 0.2) is 24.3 Å². The Morgan fingerprint density at radius 3 is 2.84 bits per heavy atom. The van der Waals surface area contributed by atoms with Crippen molar-refractivity contribution in [3.05, 3.63) is 29.8 Å². The average molecular weight is 263 g/mol. The molecule has 1 aliphatic rings. The third-order valence-corrected chi connectivity index (χ3v) is 3.63. The Morgan fingerprint density at radius 2 is 2.21 bits per heavy atom. The van der Waals surface area contributed by atoms with Gasteiger partial charge in [-0.3, -0.25) is 0 Å². The van der Waals surface area contributed by atoms with Crippen molar-refractivity contribution >= 4 is 5.97 Å². The highest BCUT2D eigenvalue weighted by molar-refractivity contribution is 5.87. The predicted octanol–water partition coefficient (Wildman–Crippen LogP) is 2.54. The second-order valence-corrected chi connectivity index (χ2v) is 5.60. The average Bonchev–Trinajstić information content (AvgIpc) is 3.19. The fourth-order valence-corrected chi connectivity index (χ4v) is 2.21. The summed E-state index contributed by atoms with van der Waals surface area (Å²) in [5.41, 5.74) is 0.426. The van der Waals surface area contributed by atoms with Crippen LogP contribution in [0.4, 0.5) is 0 Å². The van der Waals surface area contributed by atoms with E-state index in [1.165, 1.54) is 12.8 Å². The molecule has 0 unspecified atom stereocenters. The van der Waals surface area contributed by atoms with Crippen molar-refractivity contribution in [2.45, 2.75) is 32.2 Å². The highest BCUT2D eigenvalue weighted by Gasteiger charge is 2.36. The first-order valence-electron chi connectivity index (χ1n) is 6.70. The number of ether oxygens (including phenoxy) is 1. The molecule has 19 heavy (non-hydrogen) atoms. The Kier molecular flexibility index (Phi) is 4.10. The van der Waals surface area contributed by atoms with Crippen LogP contribution in [0.1, 0.15) is 37.0 Å². The number of rotatable bonds is 7. The Bertz CT molecular complexity index is 452. The summed E-state index contributed by atoms with van der Waals surface area (Å²) in [6, 6.07) is 6.58. The predicted molar refractivity (Wildman–Crippen MR) is 73.7 cm³/mol. The summed E-state index contributed by atoms with van der Waals surface area (Å²) in [6.45, 7) is 5.74. The number of aromatic carboxylic acids is 1. The molecule has 0 bridgehead atoms. The van der Waals surface area contributed by atoms with Crippen molar-refractivity contribution in [3.8, 4) is 5.75 Å². The molecule has 0 amide bonds. The summed E-state index contributed by atoms with van der Waals surface area (Å²) in [4.78, 5) is 10.8. The van der Waals surface area contributed by atoms with Crippen LogP contribution in [-0.4, -0.2) is 29.8 Å². The van der Waals surface area contributed by atoms with Gasteiger partial charge >= 0.3 is 5.97 Å². The zero-order valence-corrected chi connectivity index (χ0v) is 11.5. The number of carboxylic acid groups (broad SMARTS) is 1. The summed E-state index contributed by atoms with van der Waals surface area (Å²) < 4.78 is 5.57. The van der Waals surface area contributed by atoms with E-state index in [0.29, 0.717) is 12.4 Å². The van der Waals surface area contributed by atoms with Crippen molar-refractivity contribution in [1.82, 2.24) is 5.32 Å². The zero-order chi connectivity index (χ0) is 13.9. The Hall–Kier alpha value is -1.55. The van der Waals surface area contributed by atoms with Gasteiger partial charge in [-0.2, -0.15) is 0 Å². The molecule has 1 saturated carbocycles. The molecule has 0 aliphatic heterocycles. The van der Waals surface area contributed by atoms with Crippen LogP contribution in [0.2, 0.25) is 0 Å². The molecule has 0 radical (unpaired) electrons. The topological polar surface area (TPSA) is 58.6 Å². The third-order valence-electron chi connectivity index (χ3n) is 3.63. The maximum absolute atomic E-state index is 10.8. The summed E-state index contributed by atoms with van der Waals surface area (Å²) in [7, 11) is 0. The van der Waals surface area contributed by atoms with Crippen LogP contribution in [0.3, 0.4) is 0 Å². The fraction of sp³-hybridized carbons (Fsp3) is 0.533. The molecule has 104 valence electrons. The normalized spacial score (nSPS) is 15.3. The molecule has 1 aromatic rings. The number of hydrogen-bond donors (Lipinski definition) is 2. The third kappa shape index (κ3) is 3.96. The van der Waals surface area contributed by atoms with Crippen LogP contribution in [0.25, 0.3) is 0 Å². The standard InChI is InChI=1S/C15H21NO3/c1-15(2,12-6-7-12)16-8-9-19-13-5-3-4-11(10-13)14(17)18/h3-5,10,12,16H,6-9H2,1-2H3,(H,17,18). The van der Waals surface area contributed by atoms with Gasteiger partial charge in [0.15, 0.2) is 0 Å². The minimum atomic E-state index is -0.932. The molecular formula is C15H21NO3. The van der Waals surface area contributed by atoms with Crippen LogP contribution in [0.5, 0.6) is 5.75 Å². The van der Waals surface area contributed by atoms with Crippen molar-refractivity contribution in [3.63, 3.8) is 0 Å². The van der Waals surface area contributed by atoms with E-state index in [0.717, 1.165) is 12.5 Å². The summed E-state index contributed by atoms with van der Waals surface area (Å²) in [5, 5.41) is 12.4. The lowest BCUT2D eigenvalue weighted by molar-refractivity contribution is 0.0696. The quantitative estimate of drug-likeness (QED) is 0.742. The van der Waals surface area contributed by atoms with E-state index < -0.39 is 5.97 Å². The second kappa shape index (κ2) is 5.61. The summed E-state index contributed by atoms with van der Waals surface area (Å²) in [5.74, 6) is 0.451. The van der Waals surface area contributed by atoms with Crippen LogP contribution < -0.4 is 10.1 Å². The minimum Gasteiger partial charge on any atom is -0.492 e. The molecule has 1 aromatic carbocycles. The first kappa shape index (κ1) is 13.9. The van der Waals surface area contributed by atoms with E-state index >= 15 is 0 Å². The monoisotopic (exact) mass is 263 g/mol. The lowest BCUT2D eigenvalue weighted by Crippen LogP contribution is -2.43. The van der Waals surface area contributed by atoms with E-state index in [1.54, 1.807) is 24.3 Å². The Balaban J connectivity index is 1.76. The fourth-order valence-electron chi connectivity index (χ4n) is 2.21. The summed E-state index contributed by atoms with van der Waals surface area (Å²) in [6.07, 6.45) is 2.61. The van der Waals surface area contributed by atoms with Crippen LogP contribution in [0, 0.1) is 5.92 Å². The Labute approximate surface area is 113 Å². The van der Waals surface area contributed by atoms with Gasteiger partial charge in [-0.1, -0.05) is 6.07 Å². The van der Waals surface area contributed by atoms with Gasteiger partial charge in [0.1, 0.15) is 12.4 Å².